The number of nitrogens with zero attached hydrogens (tertiary/aromatic N) is 5. The minimum absolute atomic E-state index is 0.0101. The van der Waals surface area contributed by atoms with Gasteiger partial charge in [-0.3, -0.25) is 14.4 Å². The zero-order chi connectivity index (χ0) is 39.2. The van der Waals surface area contributed by atoms with E-state index in [-0.39, 0.29) is 60.4 Å². The van der Waals surface area contributed by atoms with Gasteiger partial charge in [-0.05, 0) is 54.7 Å². The number of allylic oxidation sites excluding steroid dienone is 4. The highest BCUT2D eigenvalue weighted by Crippen LogP contribution is 2.66. The maximum absolute atomic E-state index is 14.5. The molecular formula is C39H43N5O10. The Hall–Kier alpha value is -5.86. The van der Waals surface area contributed by atoms with Crippen molar-refractivity contribution in [2.24, 2.45) is 17.9 Å². The third-order valence-corrected chi connectivity index (χ3v) is 12.3. The van der Waals surface area contributed by atoms with Crippen molar-refractivity contribution in [3.8, 4) is 28.7 Å². The molecule has 2 aliphatic carbocycles. The van der Waals surface area contributed by atoms with E-state index in [2.05, 4.69) is 4.98 Å². The van der Waals surface area contributed by atoms with Crippen LogP contribution in [0.25, 0.3) is 11.0 Å². The third-order valence-electron chi connectivity index (χ3n) is 12.3. The van der Waals surface area contributed by atoms with Gasteiger partial charge in [0.15, 0.2) is 34.6 Å². The molecular weight excluding hydrogens is 698 g/mol. The molecule has 1 fully saturated rings. The molecule has 1 aliphatic heterocycles. The zero-order valence-electron chi connectivity index (χ0n) is 31.7. The molecule has 7 rings (SSSR count). The molecule has 54 heavy (non-hydrogen) atoms. The van der Waals surface area contributed by atoms with Crippen molar-refractivity contribution >= 4 is 22.6 Å². The number of Topliss-reactive ketones (excluding diaryl/α,β-unsaturated/α-hetero) is 2. The molecule has 2 aromatic carbocycles. The van der Waals surface area contributed by atoms with Gasteiger partial charge in [-0.15, -0.1) is 0 Å². The first-order valence-electron chi connectivity index (χ1n) is 17.5. The molecule has 0 spiro atoms. The predicted molar refractivity (Wildman–Crippen MR) is 197 cm³/mol. The summed E-state index contributed by atoms with van der Waals surface area (Å²) in [6.07, 6.45) is 1.88. The lowest BCUT2D eigenvalue weighted by atomic mass is 9.43. The minimum atomic E-state index is -1.33. The van der Waals surface area contributed by atoms with Crippen LogP contribution in [0.15, 0.2) is 61.4 Å². The largest absolute Gasteiger partial charge is 0.502 e. The lowest BCUT2D eigenvalue weighted by Gasteiger charge is -2.58. The zero-order valence-corrected chi connectivity index (χ0v) is 31.7. The van der Waals surface area contributed by atoms with Crippen LogP contribution >= 0.6 is 0 Å². The van der Waals surface area contributed by atoms with Crippen LogP contribution in [0.3, 0.4) is 0 Å². The van der Waals surface area contributed by atoms with Crippen LogP contribution in [0, 0.1) is 10.8 Å². The molecule has 15 nitrogen and oxygen atoms in total. The van der Waals surface area contributed by atoms with Gasteiger partial charge in [0.2, 0.25) is 5.75 Å². The molecule has 0 radical (unpaired) electrons. The molecule has 0 saturated heterocycles. The summed E-state index contributed by atoms with van der Waals surface area (Å²) in [4.78, 5) is 75.4. The first kappa shape index (κ1) is 36.5. The quantitative estimate of drug-likeness (QED) is 0.263. The number of fused-ring (bicyclic) bond motifs is 5. The molecule has 4 aromatic rings. The summed E-state index contributed by atoms with van der Waals surface area (Å²) in [6, 6.07) is 5.76. The Morgan fingerprint density at radius 2 is 1.43 bits per heavy atom. The molecule has 0 amide bonds. The Balaban J connectivity index is 1.36. The number of methoxy groups -OCH3 is 4. The Bertz CT molecular complexity index is 2530. The Morgan fingerprint density at radius 3 is 2.04 bits per heavy atom. The Kier molecular flexibility index (Phi) is 8.54. The summed E-state index contributed by atoms with van der Waals surface area (Å²) >= 11 is 0. The molecule has 284 valence electrons. The molecule has 3 heterocycles. The number of aryl methyl sites for hydroxylation is 2. The summed E-state index contributed by atoms with van der Waals surface area (Å²) < 4.78 is 27.0. The molecule has 15 heteroatoms. The Morgan fingerprint density at radius 1 is 0.833 bits per heavy atom. The van der Waals surface area contributed by atoms with Gasteiger partial charge in [-0.2, -0.15) is 0 Å². The van der Waals surface area contributed by atoms with Crippen molar-refractivity contribution in [1.82, 2.24) is 23.5 Å². The van der Waals surface area contributed by atoms with Gasteiger partial charge < -0.3 is 28.6 Å². The molecule has 2 aromatic heterocycles. The highest BCUT2D eigenvalue weighted by molar-refractivity contribution is 6.17. The van der Waals surface area contributed by atoms with E-state index in [0.717, 1.165) is 4.57 Å². The number of carbonyl (C=O) groups is 2. The first-order valence-corrected chi connectivity index (χ1v) is 17.5. The molecule has 0 unspecified atom stereocenters. The average molecular weight is 742 g/mol. The van der Waals surface area contributed by atoms with Crippen molar-refractivity contribution < 1.29 is 33.6 Å². The number of rotatable bonds is 8. The van der Waals surface area contributed by atoms with Crippen molar-refractivity contribution in [3.05, 3.63) is 89.6 Å². The van der Waals surface area contributed by atoms with Crippen LogP contribution < -0.4 is 35.9 Å². The van der Waals surface area contributed by atoms with E-state index in [1.165, 1.54) is 42.4 Å². The molecule has 4 atom stereocenters. The number of benzene rings is 2. The van der Waals surface area contributed by atoms with Crippen LogP contribution in [-0.2, 0) is 36.1 Å². The molecule has 0 bridgehead atoms. The number of ketones is 2. The average Bonchev–Trinajstić information content (AvgIpc) is 3.41. The fraction of sp³-hybridized carbons (Fsp3) is 0.436. The van der Waals surface area contributed by atoms with Crippen molar-refractivity contribution in [3.63, 3.8) is 0 Å². The number of ether oxygens (including phenoxy) is 4. The summed E-state index contributed by atoms with van der Waals surface area (Å²) in [5.41, 5.74) is -1.17. The fourth-order valence-electron chi connectivity index (χ4n) is 8.99. The number of aromatic nitrogens is 5. The van der Waals surface area contributed by atoms with Gasteiger partial charge in [-0.1, -0.05) is 19.9 Å². The number of hydrogen-bond acceptors (Lipinski definition) is 11. The lowest BCUT2D eigenvalue weighted by Crippen LogP contribution is -2.61. The maximum Gasteiger partial charge on any atom is 0.347 e. The van der Waals surface area contributed by atoms with E-state index in [4.69, 9.17) is 18.9 Å². The fourth-order valence-corrected chi connectivity index (χ4v) is 8.99. The molecule has 1 N–H and O–H groups in total. The van der Waals surface area contributed by atoms with Crippen LogP contribution in [-0.4, -0.2) is 68.6 Å². The van der Waals surface area contributed by atoms with Crippen LogP contribution in [0.1, 0.15) is 57.3 Å². The topological polar surface area (TPSA) is 175 Å². The molecule has 3 aliphatic rings. The number of phenols is 1. The third kappa shape index (κ3) is 4.79. The molecule has 1 saturated carbocycles. The minimum Gasteiger partial charge on any atom is -0.502 e. The summed E-state index contributed by atoms with van der Waals surface area (Å²) in [5, 5.41) is 10.8. The maximum atomic E-state index is 14.5. The van der Waals surface area contributed by atoms with E-state index in [9.17, 15) is 29.1 Å². The number of aromatic hydroxyl groups is 1. The van der Waals surface area contributed by atoms with E-state index < -0.39 is 39.7 Å². The number of carbonyl (C=O) groups excluding carboxylic acids is 2. The lowest BCUT2D eigenvalue weighted by molar-refractivity contribution is -0.151. The van der Waals surface area contributed by atoms with Gasteiger partial charge in [0, 0.05) is 43.5 Å². The van der Waals surface area contributed by atoms with Crippen LogP contribution in [0.2, 0.25) is 0 Å². The Labute approximate surface area is 309 Å². The van der Waals surface area contributed by atoms with E-state index in [0.29, 0.717) is 44.8 Å². The number of hydrogen-bond donors (Lipinski definition) is 1. The van der Waals surface area contributed by atoms with Gasteiger partial charge in [0.1, 0.15) is 5.69 Å². The summed E-state index contributed by atoms with van der Waals surface area (Å²) in [7, 11) is 7.40. The van der Waals surface area contributed by atoms with Crippen LogP contribution in [0.4, 0.5) is 0 Å². The van der Waals surface area contributed by atoms with Crippen molar-refractivity contribution in [1.29, 1.82) is 0 Å². The second-order valence-electron chi connectivity index (χ2n) is 14.6. The standard InChI is InChI=1S/C39H43N5O10/c1-19-20(2)34(47)39(4)31(21-14-29(53-8)32(45)30(15-21)54-9)22-10-13-43-36(49)42(37(50)44(43)26(22)18-38(39,3)33(19)46)12-11-23-35(48)41(5)25-17-28(52-7)27(51-6)16-24(25)40-23/h10,14-17,26,31,45H,11-13,18H2,1-9H3/t26-,31+,38+,39-/m1/s1. The van der Waals surface area contributed by atoms with Gasteiger partial charge in [-0.25, -0.2) is 28.5 Å². The van der Waals surface area contributed by atoms with Gasteiger partial charge in [0.25, 0.3) is 5.56 Å². The highest BCUT2D eigenvalue weighted by Gasteiger charge is 2.66. The van der Waals surface area contributed by atoms with Gasteiger partial charge in [0.05, 0.1) is 57.5 Å². The highest BCUT2D eigenvalue weighted by atomic mass is 16.5. The number of phenolic OH excluding ortho intramolecular Hbond substituents is 1. The summed E-state index contributed by atoms with van der Waals surface area (Å²) in [5.74, 6) is -0.354. The predicted octanol–water partition coefficient (Wildman–Crippen LogP) is 3.21. The van der Waals surface area contributed by atoms with Gasteiger partial charge >= 0.3 is 11.4 Å². The van der Waals surface area contributed by atoms with Crippen molar-refractivity contribution in [2.45, 2.75) is 65.6 Å². The van der Waals surface area contributed by atoms with E-state index >= 15 is 0 Å². The van der Waals surface area contributed by atoms with Crippen molar-refractivity contribution in [2.75, 3.05) is 28.4 Å². The second kappa shape index (κ2) is 12.6. The van der Waals surface area contributed by atoms with E-state index in [1.807, 2.05) is 6.08 Å². The summed E-state index contributed by atoms with van der Waals surface area (Å²) in [6.45, 7) is 6.71. The monoisotopic (exact) mass is 741 g/mol. The smallest absolute Gasteiger partial charge is 0.347 e. The normalized spacial score (nSPS) is 23.5. The second-order valence-corrected chi connectivity index (χ2v) is 14.6. The van der Waals surface area contributed by atoms with E-state index in [1.54, 1.807) is 59.0 Å². The van der Waals surface area contributed by atoms with Crippen LogP contribution in [0.5, 0.6) is 28.7 Å². The SMILES string of the molecule is COc1cc2nc(CCn3c(=O)n4n(c3=O)[C@@H]3C[C@@]5(C)C(=O)C(C)=C(C)C(=O)[C@@]5(C)[C@@H](c5cc(OC)c(O)c(OC)c5)C3=CC4)c(=O)n(C)c2cc1OC. The first-order chi connectivity index (χ1) is 25.6.